The second kappa shape index (κ2) is 4.99. The average Bonchev–Trinajstić information content (AvgIpc) is 2.73. The summed E-state index contributed by atoms with van der Waals surface area (Å²) in [7, 11) is 0. The minimum absolute atomic E-state index is 0.0311. The molecule has 0 atom stereocenters. The van der Waals surface area contributed by atoms with E-state index >= 15 is 0 Å². The molecular weight excluding hydrogens is 260 g/mol. The molecule has 3 heteroatoms. The number of aryl methyl sites for hydroxylation is 1. The molecule has 1 aliphatic rings. The number of pyridine rings is 1. The van der Waals surface area contributed by atoms with Crippen LogP contribution < -0.4 is 4.90 Å². The first-order valence-corrected chi connectivity index (χ1v) is 7.29. The Balaban J connectivity index is 1.94. The monoisotopic (exact) mass is 280 g/mol. The zero-order valence-corrected chi connectivity index (χ0v) is 12.8. The Morgan fingerprint density at radius 1 is 1.14 bits per heavy atom. The molecule has 108 valence electrons. The molecule has 1 aromatic carbocycles. The van der Waals surface area contributed by atoms with Crippen LogP contribution in [-0.4, -0.2) is 17.4 Å². The highest BCUT2D eigenvalue weighted by atomic mass is 16.2. The largest absolute Gasteiger partial charge is 0.296 e. The highest BCUT2D eigenvalue weighted by molar-refractivity contribution is 5.96. The smallest absolute Gasteiger partial charge is 0.228 e. The van der Waals surface area contributed by atoms with Gasteiger partial charge in [-0.05, 0) is 29.5 Å². The Kier molecular flexibility index (Phi) is 3.28. The third kappa shape index (κ3) is 2.68. The molecular formula is C18H20N2O. The Bertz CT molecular complexity index is 677. The van der Waals surface area contributed by atoms with Crippen LogP contribution in [0, 0.1) is 12.3 Å². The zero-order valence-electron chi connectivity index (χ0n) is 12.8. The van der Waals surface area contributed by atoms with Crippen molar-refractivity contribution in [1.82, 2.24) is 4.98 Å². The van der Waals surface area contributed by atoms with Crippen LogP contribution in [0.2, 0.25) is 0 Å². The molecule has 2 aromatic rings. The predicted molar refractivity (Wildman–Crippen MR) is 85.2 cm³/mol. The van der Waals surface area contributed by atoms with E-state index in [0.29, 0.717) is 6.42 Å². The summed E-state index contributed by atoms with van der Waals surface area (Å²) in [5.74, 6) is 0.966. The summed E-state index contributed by atoms with van der Waals surface area (Å²) in [6.45, 7) is 7.01. The van der Waals surface area contributed by atoms with Gasteiger partial charge in [-0.15, -0.1) is 0 Å². The van der Waals surface area contributed by atoms with E-state index in [0.717, 1.165) is 29.1 Å². The molecule has 1 aliphatic heterocycles. The van der Waals surface area contributed by atoms with E-state index in [1.54, 1.807) is 0 Å². The first kappa shape index (κ1) is 13.8. The molecule has 1 aromatic heterocycles. The molecule has 0 spiro atoms. The van der Waals surface area contributed by atoms with Crippen LogP contribution in [0.15, 0.2) is 42.6 Å². The highest BCUT2D eigenvalue weighted by Crippen LogP contribution is 2.34. The molecule has 3 rings (SSSR count). The molecule has 0 bridgehead atoms. The van der Waals surface area contributed by atoms with Crippen molar-refractivity contribution < 1.29 is 4.79 Å². The number of carbonyl (C=O) groups excluding carboxylic acids is 1. The van der Waals surface area contributed by atoms with E-state index in [-0.39, 0.29) is 11.3 Å². The molecule has 1 saturated heterocycles. The van der Waals surface area contributed by atoms with E-state index in [1.165, 1.54) is 0 Å². The van der Waals surface area contributed by atoms with Gasteiger partial charge in [0.15, 0.2) is 0 Å². The first-order chi connectivity index (χ1) is 9.96. The maximum absolute atomic E-state index is 12.2. The van der Waals surface area contributed by atoms with Gasteiger partial charge in [0.2, 0.25) is 5.91 Å². The number of benzene rings is 1. The van der Waals surface area contributed by atoms with Crippen LogP contribution in [0.3, 0.4) is 0 Å². The van der Waals surface area contributed by atoms with Gasteiger partial charge in [-0.1, -0.05) is 44.2 Å². The Morgan fingerprint density at radius 2 is 1.86 bits per heavy atom. The van der Waals surface area contributed by atoms with Crippen LogP contribution >= 0.6 is 0 Å². The number of rotatable bonds is 2. The van der Waals surface area contributed by atoms with Gasteiger partial charge in [-0.25, -0.2) is 4.98 Å². The number of hydrogen-bond acceptors (Lipinski definition) is 2. The van der Waals surface area contributed by atoms with Gasteiger partial charge in [0.1, 0.15) is 5.82 Å². The maximum atomic E-state index is 12.2. The van der Waals surface area contributed by atoms with Gasteiger partial charge >= 0.3 is 0 Å². The Hall–Kier alpha value is -2.16. The van der Waals surface area contributed by atoms with Crippen LogP contribution in [-0.2, 0) is 4.79 Å². The summed E-state index contributed by atoms with van der Waals surface area (Å²) in [6, 6.07) is 12.3. The van der Waals surface area contributed by atoms with Gasteiger partial charge < -0.3 is 0 Å². The number of anilines is 1. The first-order valence-electron chi connectivity index (χ1n) is 7.29. The fraction of sp³-hybridized carbons (Fsp3) is 0.333. The normalized spacial score (nSPS) is 17.3. The molecule has 0 radical (unpaired) electrons. The van der Waals surface area contributed by atoms with E-state index in [2.05, 4.69) is 37.0 Å². The van der Waals surface area contributed by atoms with Crippen molar-refractivity contribution in [3.8, 4) is 11.1 Å². The summed E-state index contributed by atoms with van der Waals surface area (Å²) in [4.78, 5) is 18.6. The molecule has 21 heavy (non-hydrogen) atoms. The van der Waals surface area contributed by atoms with Crippen molar-refractivity contribution >= 4 is 11.7 Å². The van der Waals surface area contributed by atoms with Gasteiger partial charge in [-0.2, -0.15) is 0 Å². The minimum atomic E-state index is 0.0311. The second-order valence-electron chi connectivity index (χ2n) is 6.55. The average molecular weight is 280 g/mol. The SMILES string of the molecule is Cc1cc(-c2ccccc2)cnc1N1CC(C)(C)CC1=O. The fourth-order valence-corrected chi connectivity index (χ4v) is 2.91. The van der Waals surface area contributed by atoms with Crippen molar-refractivity contribution in [2.45, 2.75) is 27.2 Å². The van der Waals surface area contributed by atoms with E-state index in [1.807, 2.05) is 36.2 Å². The van der Waals surface area contributed by atoms with Crippen LogP contribution in [0.25, 0.3) is 11.1 Å². The lowest BCUT2D eigenvalue weighted by Gasteiger charge is -2.20. The van der Waals surface area contributed by atoms with Gasteiger partial charge in [-0.3, -0.25) is 9.69 Å². The van der Waals surface area contributed by atoms with E-state index in [4.69, 9.17) is 0 Å². The van der Waals surface area contributed by atoms with Crippen LogP contribution in [0.4, 0.5) is 5.82 Å². The summed E-state index contributed by atoms with van der Waals surface area (Å²) in [6.07, 6.45) is 2.45. The van der Waals surface area contributed by atoms with Gasteiger partial charge in [0.25, 0.3) is 0 Å². The van der Waals surface area contributed by atoms with Crippen molar-refractivity contribution in [2.75, 3.05) is 11.4 Å². The quantitative estimate of drug-likeness (QED) is 0.838. The second-order valence-corrected chi connectivity index (χ2v) is 6.55. The highest BCUT2D eigenvalue weighted by Gasteiger charge is 2.37. The summed E-state index contributed by atoms with van der Waals surface area (Å²) < 4.78 is 0. The molecule has 2 heterocycles. The standard InChI is InChI=1S/C18H20N2O/c1-13-9-15(14-7-5-4-6-8-14)11-19-17(13)20-12-18(2,3)10-16(20)21/h4-9,11H,10,12H2,1-3H3. The molecule has 3 nitrogen and oxygen atoms in total. The summed E-state index contributed by atoms with van der Waals surface area (Å²) >= 11 is 0. The zero-order chi connectivity index (χ0) is 15.0. The van der Waals surface area contributed by atoms with Crippen molar-refractivity contribution in [3.63, 3.8) is 0 Å². The topological polar surface area (TPSA) is 33.2 Å². The molecule has 1 fully saturated rings. The predicted octanol–water partition coefficient (Wildman–Crippen LogP) is 3.82. The number of carbonyl (C=O) groups is 1. The summed E-state index contributed by atoms with van der Waals surface area (Å²) in [5.41, 5.74) is 3.31. The molecule has 0 saturated carbocycles. The lowest BCUT2D eigenvalue weighted by Crippen LogP contribution is -2.27. The van der Waals surface area contributed by atoms with E-state index < -0.39 is 0 Å². The molecule has 0 N–H and O–H groups in total. The van der Waals surface area contributed by atoms with Crippen molar-refractivity contribution in [1.29, 1.82) is 0 Å². The van der Waals surface area contributed by atoms with Crippen molar-refractivity contribution in [2.24, 2.45) is 5.41 Å². The summed E-state index contributed by atoms with van der Waals surface area (Å²) in [5, 5.41) is 0. The number of aromatic nitrogens is 1. The fourth-order valence-electron chi connectivity index (χ4n) is 2.91. The lowest BCUT2D eigenvalue weighted by molar-refractivity contribution is -0.117. The van der Waals surface area contributed by atoms with Gasteiger partial charge in [0, 0.05) is 24.7 Å². The third-order valence-corrected chi connectivity index (χ3v) is 3.93. The van der Waals surface area contributed by atoms with Crippen LogP contribution in [0.1, 0.15) is 25.8 Å². The molecule has 1 amide bonds. The number of nitrogens with zero attached hydrogens (tertiary/aromatic N) is 2. The Morgan fingerprint density at radius 3 is 2.43 bits per heavy atom. The maximum Gasteiger partial charge on any atom is 0.228 e. The number of hydrogen-bond donors (Lipinski definition) is 0. The third-order valence-electron chi connectivity index (χ3n) is 3.93. The lowest BCUT2D eigenvalue weighted by atomic mass is 9.93. The Labute approximate surface area is 125 Å². The number of amides is 1. The van der Waals surface area contributed by atoms with Gasteiger partial charge in [0.05, 0.1) is 0 Å². The minimum Gasteiger partial charge on any atom is -0.296 e. The van der Waals surface area contributed by atoms with E-state index in [9.17, 15) is 4.79 Å². The van der Waals surface area contributed by atoms with Crippen molar-refractivity contribution in [3.05, 3.63) is 48.2 Å². The molecule has 0 unspecified atom stereocenters. The molecule has 0 aliphatic carbocycles. The van der Waals surface area contributed by atoms with Crippen LogP contribution in [0.5, 0.6) is 0 Å².